The van der Waals surface area contributed by atoms with Gasteiger partial charge in [0.15, 0.2) is 12.5 Å². The van der Waals surface area contributed by atoms with E-state index in [1.165, 1.54) is 34.4 Å². The monoisotopic (exact) mass is 458 g/mol. The second-order valence-corrected chi connectivity index (χ2v) is 9.92. The Kier molecular flexibility index (Phi) is 10.7. The third kappa shape index (κ3) is 7.65. The van der Waals surface area contributed by atoms with Crippen LogP contribution in [0.2, 0.25) is 6.32 Å². The quantitative estimate of drug-likeness (QED) is 0.367. The van der Waals surface area contributed by atoms with Crippen molar-refractivity contribution in [3.63, 3.8) is 0 Å². The predicted octanol–water partition coefficient (Wildman–Crippen LogP) is 7.21. The summed E-state index contributed by atoms with van der Waals surface area (Å²) < 4.78 is 0. The molecule has 2 N–H and O–H groups in total. The van der Waals surface area contributed by atoms with Crippen molar-refractivity contribution in [3.8, 4) is 0 Å². The molecule has 2 aliphatic rings. The summed E-state index contributed by atoms with van der Waals surface area (Å²) in [6.45, 7) is 20.9. The lowest BCUT2D eigenvalue weighted by molar-refractivity contribution is 0.101. The lowest BCUT2D eigenvalue weighted by Crippen LogP contribution is -2.47. The molecule has 2 aromatic carbocycles. The van der Waals surface area contributed by atoms with Crippen LogP contribution < -0.4 is 10.6 Å². The van der Waals surface area contributed by atoms with Gasteiger partial charge < -0.3 is 10.6 Å². The molecule has 1 unspecified atom stereocenters. The number of carbonyl (C=O) groups is 1. The molecule has 0 saturated carbocycles. The van der Waals surface area contributed by atoms with E-state index in [0.29, 0.717) is 12.7 Å². The van der Waals surface area contributed by atoms with Crippen LogP contribution in [0.25, 0.3) is 0 Å². The Balaban J connectivity index is 0.000000216. The van der Waals surface area contributed by atoms with E-state index < -0.39 is 0 Å². The number of carbonyl (C=O) groups excluding carboxylic acids is 1. The Morgan fingerprint density at radius 2 is 1.94 bits per heavy atom. The smallest absolute Gasteiger partial charge is 0.171 e. The molecule has 0 spiro atoms. The van der Waals surface area contributed by atoms with E-state index >= 15 is 0 Å². The summed E-state index contributed by atoms with van der Waals surface area (Å²) in [4.78, 5) is 11.7. The van der Waals surface area contributed by atoms with Crippen molar-refractivity contribution in [3.05, 3.63) is 89.3 Å². The molecule has 3 nitrogen and oxygen atoms in total. The topological polar surface area (TPSA) is 41.1 Å². The summed E-state index contributed by atoms with van der Waals surface area (Å²) in [5.41, 5.74) is 8.50. The van der Waals surface area contributed by atoms with E-state index in [4.69, 9.17) is 0 Å². The van der Waals surface area contributed by atoms with Gasteiger partial charge in [-0.15, -0.1) is 0 Å². The molecule has 0 aliphatic carbocycles. The molecule has 1 atom stereocenters. The maximum Gasteiger partial charge on any atom is 0.171 e. The van der Waals surface area contributed by atoms with Gasteiger partial charge in [-0.05, 0) is 61.5 Å². The molecule has 0 radical (unpaired) electrons. The van der Waals surface area contributed by atoms with Gasteiger partial charge in [-0.1, -0.05) is 89.5 Å². The van der Waals surface area contributed by atoms with E-state index in [1.807, 2.05) is 12.1 Å². The Morgan fingerprint density at radius 3 is 2.53 bits per heavy atom. The zero-order chi connectivity index (χ0) is 25.3. The van der Waals surface area contributed by atoms with Crippen LogP contribution in [0, 0.1) is 12.8 Å². The number of ketones is 1. The molecule has 0 aromatic heterocycles. The second-order valence-electron chi connectivity index (χ2n) is 9.92. The fraction of sp³-hybridized carbons (Fsp3) is 0.433. The lowest BCUT2D eigenvalue weighted by atomic mass is 9.36. The minimum Gasteiger partial charge on any atom is -0.396 e. The summed E-state index contributed by atoms with van der Waals surface area (Å²) >= 11 is 0. The molecule has 4 rings (SSSR count). The van der Waals surface area contributed by atoms with Gasteiger partial charge >= 0.3 is 0 Å². The second kappa shape index (κ2) is 13.2. The summed E-state index contributed by atoms with van der Waals surface area (Å²) in [6.07, 6.45) is 7.18. The Hall–Kier alpha value is -2.75. The maximum absolute atomic E-state index is 11.7. The van der Waals surface area contributed by atoms with Crippen LogP contribution in [-0.2, 0) is 19.2 Å². The van der Waals surface area contributed by atoms with Gasteiger partial charge in [-0.2, -0.15) is 0 Å². The molecule has 2 aliphatic heterocycles. The number of allylic oxidation sites excluding steroid dienone is 1. The number of fused-ring (bicyclic) bond motifs is 2. The molecule has 4 heteroatoms. The van der Waals surface area contributed by atoms with Crippen molar-refractivity contribution in [2.75, 3.05) is 5.32 Å². The van der Waals surface area contributed by atoms with Crippen LogP contribution in [0.5, 0.6) is 0 Å². The van der Waals surface area contributed by atoms with Crippen molar-refractivity contribution in [2.45, 2.75) is 79.4 Å². The Bertz CT molecular complexity index is 995. The number of Topliss-reactive ketones (excluding diaryl/α,β-unsaturated/α-hetero) is 1. The van der Waals surface area contributed by atoms with Crippen LogP contribution in [0.4, 0.5) is 5.69 Å². The zero-order valence-electron chi connectivity index (χ0n) is 22.1. The molecule has 182 valence electrons. The molecular formula is C30H43BN2O. The van der Waals surface area contributed by atoms with Gasteiger partial charge in [0.2, 0.25) is 0 Å². The van der Waals surface area contributed by atoms with E-state index in [9.17, 15) is 4.79 Å². The Labute approximate surface area is 208 Å². The highest BCUT2D eigenvalue weighted by atomic mass is 16.1. The molecular weight excluding hydrogens is 415 g/mol. The first-order valence-corrected chi connectivity index (χ1v) is 12.7. The first-order chi connectivity index (χ1) is 16.2. The summed E-state index contributed by atoms with van der Waals surface area (Å²) in [5.74, 6) is 1.51. The number of benzene rings is 2. The number of hydrogen-bond acceptors (Lipinski definition) is 3. The molecule has 2 aromatic rings. The predicted molar refractivity (Wildman–Crippen MR) is 150 cm³/mol. The summed E-state index contributed by atoms with van der Waals surface area (Å²) in [6, 6.07) is 12.5. The first kappa shape index (κ1) is 27.5. The van der Waals surface area contributed by atoms with Gasteiger partial charge in [0.05, 0.1) is 0 Å². The number of rotatable bonds is 5. The van der Waals surface area contributed by atoms with Crippen molar-refractivity contribution in [1.82, 2.24) is 5.32 Å². The van der Waals surface area contributed by atoms with Gasteiger partial charge in [-0.25, -0.2) is 0 Å². The highest BCUT2D eigenvalue weighted by Crippen LogP contribution is 2.28. The molecule has 0 amide bonds. The van der Waals surface area contributed by atoms with Gasteiger partial charge in [0.25, 0.3) is 0 Å². The third-order valence-corrected chi connectivity index (χ3v) is 6.78. The van der Waals surface area contributed by atoms with Gasteiger partial charge in [0.1, 0.15) is 0 Å². The molecule has 34 heavy (non-hydrogen) atoms. The summed E-state index contributed by atoms with van der Waals surface area (Å²) in [5, 5.41) is 6.58. The average Bonchev–Trinajstić information content (AvgIpc) is 3.18. The fourth-order valence-corrected chi connectivity index (χ4v) is 4.44. The van der Waals surface area contributed by atoms with Crippen LogP contribution >= 0.6 is 0 Å². The van der Waals surface area contributed by atoms with Crippen molar-refractivity contribution < 1.29 is 4.79 Å². The minimum atomic E-state index is 0.178. The molecule has 0 fully saturated rings. The SMILES string of the molecule is C=C1Cc2cc(C)ccc2N1.C=CNC1Cc2cccc(C(C)=O)c2CB1CC.CCC(C)C. The molecule has 0 bridgehead atoms. The zero-order valence-corrected chi connectivity index (χ0v) is 22.1. The lowest BCUT2D eigenvalue weighted by Gasteiger charge is -2.31. The average molecular weight is 458 g/mol. The standard InChI is InChI=1S/C15H20BNO.C10H11N.C5H12/c1-4-16-10-14-12(9-15(16)17-5-2)7-6-8-13(14)11(3)18;1-7-3-4-10-9(5-7)6-8(2)11-10;1-4-5(2)3/h5-8,15,17H,2,4,9-10H2,1,3H3;3-5,11H,2,6H2,1H3;5H,4H2,1-3H3. The van der Waals surface area contributed by atoms with Crippen molar-refractivity contribution in [1.29, 1.82) is 0 Å². The molecule has 0 saturated heterocycles. The highest BCUT2D eigenvalue weighted by Gasteiger charge is 2.31. The number of aryl methyl sites for hydroxylation is 1. The first-order valence-electron chi connectivity index (χ1n) is 12.7. The van der Waals surface area contributed by atoms with Crippen LogP contribution in [0.1, 0.15) is 73.7 Å². The normalized spacial score (nSPS) is 15.7. The Morgan fingerprint density at radius 1 is 1.24 bits per heavy atom. The van der Waals surface area contributed by atoms with E-state index in [-0.39, 0.29) is 5.78 Å². The van der Waals surface area contributed by atoms with Crippen LogP contribution in [0.3, 0.4) is 0 Å². The fourth-order valence-electron chi connectivity index (χ4n) is 4.44. The van der Waals surface area contributed by atoms with E-state index in [2.05, 4.69) is 82.7 Å². The van der Waals surface area contributed by atoms with Gasteiger partial charge in [0, 0.05) is 29.3 Å². The largest absolute Gasteiger partial charge is 0.396 e. The maximum atomic E-state index is 11.7. The summed E-state index contributed by atoms with van der Waals surface area (Å²) in [7, 11) is 0. The van der Waals surface area contributed by atoms with Crippen LogP contribution in [0.15, 0.2) is 61.5 Å². The van der Waals surface area contributed by atoms with E-state index in [1.54, 1.807) is 13.1 Å². The van der Waals surface area contributed by atoms with E-state index in [0.717, 1.165) is 42.7 Å². The van der Waals surface area contributed by atoms with Crippen molar-refractivity contribution >= 4 is 18.2 Å². The van der Waals surface area contributed by atoms with Gasteiger partial charge in [-0.3, -0.25) is 4.79 Å². The van der Waals surface area contributed by atoms with Crippen LogP contribution in [-0.4, -0.2) is 18.4 Å². The number of hydrogen-bond donors (Lipinski definition) is 2. The molecule has 2 heterocycles. The highest BCUT2D eigenvalue weighted by molar-refractivity contribution is 6.60. The minimum absolute atomic E-state index is 0.178. The van der Waals surface area contributed by atoms with Crippen molar-refractivity contribution in [2.24, 2.45) is 5.92 Å². The third-order valence-electron chi connectivity index (χ3n) is 6.78. The number of nitrogens with one attached hydrogen (secondary N) is 2. The number of anilines is 1.